The molecular formula is C11H20. The lowest BCUT2D eigenvalue weighted by molar-refractivity contribution is 0.217. The van der Waals surface area contributed by atoms with Gasteiger partial charge in [0.25, 0.3) is 0 Å². The Hall–Kier alpha value is 0. The molecule has 0 amide bonds. The van der Waals surface area contributed by atoms with Crippen LogP contribution in [-0.2, 0) is 0 Å². The van der Waals surface area contributed by atoms with Gasteiger partial charge in [-0.2, -0.15) is 0 Å². The molecule has 0 nitrogen and oxygen atoms in total. The van der Waals surface area contributed by atoms with E-state index >= 15 is 0 Å². The lowest BCUT2D eigenvalue weighted by Crippen LogP contribution is -2.19. The molecular weight excluding hydrogens is 132 g/mol. The highest BCUT2D eigenvalue weighted by Gasteiger charge is 2.44. The van der Waals surface area contributed by atoms with E-state index in [1.165, 1.54) is 6.42 Å². The fraction of sp³-hybridized carbons (Fsp3) is 1.00. The van der Waals surface area contributed by atoms with Crippen LogP contribution in [0.3, 0.4) is 0 Å². The highest BCUT2D eigenvalue weighted by atomic mass is 14.5. The smallest absolute Gasteiger partial charge is 0.0360 e. The second-order valence-electron chi connectivity index (χ2n) is 5.11. The van der Waals surface area contributed by atoms with Crippen molar-refractivity contribution in [3.05, 3.63) is 0 Å². The van der Waals surface area contributed by atoms with Crippen molar-refractivity contribution in [1.82, 2.24) is 0 Å². The maximum atomic E-state index is 2.45. The Morgan fingerprint density at radius 3 is 2.09 bits per heavy atom. The van der Waals surface area contributed by atoms with Crippen molar-refractivity contribution in [3.63, 3.8) is 0 Å². The van der Waals surface area contributed by atoms with Crippen molar-refractivity contribution in [2.45, 2.75) is 40.0 Å². The SMILES string of the molecule is CC(C)[C@H]1C[C@H]2C[C@@H]1C[C@@H]2C. The van der Waals surface area contributed by atoms with E-state index in [4.69, 9.17) is 0 Å². The molecule has 2 rings (SSSR count). The fourth-order valence-corrected chi connectivity index (χ4v) is 3.42. The minimum atomic E-state index is 0.942. The number of rotatable bonds is 1. The van der Waals surface area contributed by atoms with Crippen LogP contribution in [0.2, 0.25) is 0 Å². The van der Waals surface area contributed by atoms with E-state index in [0.29, 0.717) is 0 Å². The molecule has 4 atom stereocenters. The predicted octanol–water partition coefficient (Wildman–Crippen LogP) is 3.32. The van der Waals surface area contributed by atoms with E-state index in [-0.39, 0.29) is 0 Å². The first kappa shape index (κ1) is 7.64. The van der Waals surface area contributed by atoms with E-state index in [1.54, 1.807) is 12.8 Å². The highest BCUT2D eigenvalue weighted by Crippen LogP contribution is 2.53. The van der Waals surface area contributed by atoms with Gasteiger partial charge in [-0.3, -0.25) is 0 Å². The Balaban J connectivity index is 2.02. The molecule has 0 N–H and O–H groups in total. The zero-order chi connectivity index (χ0) is 8.01. The third kappa shape index (κ3) is 1.11. The van der Waals surface area contributed by atoms with Gasteiger partial charge in [0.15, 0.2) is 0 Å². The Morgan fingerprint density at radius 2 is 1.73 bits per heavy atom. The molecule has 2 fully saturated rings. The lowest BCUT2D eigenvalue weighted by atomic mass is 9.77. The van der Waals surface area contributed by atoms with Gasteiger partial charge in [-0.25, -0.2) is 0 Å². The summed E-state index contributed by atoms with van der Waals surface area (Å²) in [5, 5.41) is 0. The van der Waals surface area contributed by atoms with E-state index in [1.807, 2.05) is 0 Å². The zero-order valence-electron chi connectivity index (χ0n) is 8.01. The second kappa shape index (κ2) is 2.50. The van der Waals surface area contributed by atoms with Crippen molar-refractivity contribution in [3.8, 4) is 0 Å². The predicted molar refractivity (Wildman–Crippen MR) is 48.3 cm³/mol. The monoisotopic (exact) mass is 152 g/mol. The minimum absolute atomic E-state index is 0.942. The van der Waals surface area contributed by atoms with E-state index < -0.39 is 0 Å². The first-order valence-electron chi connectivity index (χ1n) is 5.18. The molecule has 2 aliphatic carbocycles. The van der Waals surface area contributed by atoms with Gasteiger partial charge in [0.05, 0.1) is 0 Å². The van der Waals surface area contributed by atoms with E-state index in [9.17, 15) is 0 Å². The van der Waals surface area contributed by atoms with Crippen molar-refractivity contribution < 1.29 is 0 Å². The summed E-state index contributed by atoms with van der Waals surface area (Å²) in [6.45, 7) is 7.24. The molecule has 0 aliphatic heterocycles. The normalized spacial score (nSPS) is 49.1. The largest absolute Gasteiger partial charge is 0.0625 e. The van der Waals surface area contributed by atoms with Crippen molar-refractivity contribution in [2.75, 3.05) is 0 Å². The molecule has 0 unspecified atom stereocenters. The van der Waals surface area contributed by atoms with Gasteiger partial charge >= 0.3 is 0 Å². The molecule has 0 aromatic carbocycles. The molecule has 0 saturated heterocycles. The van der Waals surface area contributed by atoms with Crippen LogP contribution in [0.1, 0.15) is 40.0 Å². The summed E-state index contributed by atoms with van der Waals surface area (Å²) in [7, 11) is 0. The highest BCUT2D eigenvalue weighted by molar-refractivity contribution is 4.94. The van der Waals surface area contributed by atoms with Crippen LogP contribution >= 0.6 is 0 Å². The van der Waals surface area contributed by atoms with Gasteiger partial charge < -0.3 is 0 Å². The minimum Gasteiger partial charge on any atom is -0.0625 e. The number of fused-ring (bicyclic) bond motifs is 2. The topological polar surface area (TPSA) is 0 Å². The molecule has 0 aromatic heterocycles. The van der Waals surface area contributed by atoms with Crippen molar-refractivity contribution in [1.29, 1.82) is 0 Å². The Kier molecular flexibility index (Phi) is 1.74. The maximum Gasteiger partial charge on any atom is -0.0360 e. The molecule has 11 heavy (non-hydrogen) atoms. The first-order chi connectivity index (χ1) is 5.18. The van der Waals surface area contributed by atoms with Crippen LogP contribution in [0.15, 0.2) is 0 Å². The summed E-state index contributed by atoms with van der Waals surface area (Å²) >= 11 is 0. The quantitative estimate of drug-likeness (QED) is 0.540. The van der Waals surface area contributed by atoms with Gasteiger partial charge in [0.1, 0.15) is 0 Å². The van der Waals surface area contributed by atoms with Crippen molar-refractivity contribution in [2.24, 2.45) is 29.6 Å². The summed E-state index contributed by atoms with van der Waals surface area (Å²) in [6.07, 6.45) is 4.64. The standard InChI is InChI=1S/C11H20/c1-7(2)11-6-9-5-10(11)4-8(9)3/h7-11H,4-6H2,1-3H3/t8-,9+,10-,11+/m0/s1. The average molecular weight is 152 g/mol. The molecule has 0 spiro atoms. The number of hydrogen-bond donors (Lipinski definition) is 0. The molecule has 0 radical (unpaired) electrons. The fourth-order valence-electron chi connectivity index (χ4n) is 3.42. The Morgan fingerprint density at radius 1 is 1.00 bits per heavy atom. The molecule has 64 valence electrons. The van der Waals surface area contributed by atoms with Gasteiger partial charge in [-0.15, -0.1) is 0 Å². The van der Waals surface area contributed by atoms with Gasteiger partial charge in [0, 0.05) is 0 Å². The lowest BCUT2D eigenvalue weighted by Gasteiger charge is -2.28. The van der Waals surface area contributed by atoms with E-state index in [0.717, 1.165) is 29.6 Å². The Labute approximate surface area is 70.4 Å². The van der Waals surface area contributed by atoms with Crippen LogP contribution in [0, 0.1) is 29.6 Å². The maximum absolute atomic E-state index is 2.45. The van der Waals surface area contributed by atoms with Crippen LogP contribution in [0.5, 0.6) is 0 Å². The molecule has 0 heteroatoms. The third-order valence-electron chi connectivity index (χ3n) is 4.12. The molecule has 2 saturated carbocycles. The van der Waals surface area contributed by atoms with Crippen LogP contribution in [-0.4, -0.2) is 0 Å². The second-order valence-corrected chi connectivity index (χ2v) is 5.11. The molecule has 2 aliphatic rings. The van der Waals surface area contributed by atoms with E-state index in [2.05, 4.69) is 20.8 Å². The molecule has 0 aromatic rings. The van der Waals surface area contributed by atoms with Gasteiger partial charge in [-0.1, -0.05) is 20.8 Å². The van der Waals surface area contributed by atoms with Crippen LogP contribution in [0.25, 0.3) is 0 Å². The Bertz CT molecular complexity index is 146. The third-order valence-corrected chi connectivity index (χ3v) is 4.12. The average Bonchev–Trinajstić information content (AvgIpc) is 2.43. The summed E-state index contributed by atoms with van der Waals surface area (Å²) < 4.78 is 0. The first-order valence-corrected chi connectivity index (χ1v) is 5.18. The zero-order valence-corrected chi connectivity index (χ0v) is 8.01. The molecule has 2 bridgehead atoms. The molecule has 0 heterocycles. The summed E-state index contributed by atoms with van der Waals surface area (Å²) in [4.78, 5) is 0. The summed E-state index contributed by atoms with van der Waals surface area (Å²) in [5.41, 5.74) is 0. The van der Waals surface area contributed by atoms with Gasteiger partial charge in [-0.05, 0) is 48.9 Å². The van der Waals surface area contributed by atoms with Gasteiger partial charge in [0.2, 0.25) is 0 Å². The van der Waals surface area contributed by atoms with Crippen molar-refractivity contribution >= 4 is 0 Å². The number of hydrogen-bond acceptors (Lipinski definition) is 0. The van der Waals surface area contributed by atoms with Crippen LogP contribution < -0.4 is 0 Å². The summed E-state index contributed by atoms with van der Waals surface area (Å²) in [6, 6.07) is 0. The summed E-state index contributed by atoms with van der Waals surface area (Å²) in [5.74, 6) is 5.28. The van der Waals surface area contributed by atoms with Crippen LogP contribution in [0.4, 0.5) is 0 Å².